The van der Waals surface area contributed by atoms with Crippen molar-refractivity contribution >= 4 is 17.9 Å². The Hall–Kier alpha value is -2.41. The third-order valence-corrected chi connectivity index (χ3v) is 2.29. The molecule has 1 N–H and O–H groups in total. The summed E-state index contributed by atoms with van der Waals surface area (Å²) in [6.07, 6.45) is -1.22. The second-order valence-corrected chi connectivity index (χ2v) is 4.44. The van der Waals surface area contributed by atoms with Crippen molar-refractivity contribution in [2.24, 2.45) is 0 Å². The van der Waals surface area contributed by atoms with Crippen molar-refractivity contribution < 1.29 is 33.7 Å². The van der Waals surface area contributed by atoms with Crippen LogP contribution in [-0.4, -0.2) is 48.9 Å². The molecule has 1 atom stereocenters. The van der Waals surface area contributed by atoms with E-state index in [1.54, 1.807) is 0 Å². The molecule has 0 aliphatic carbocycles. The smallest absolute Gasteiger partial charge is 0.337 e. The monoisotopic (exact) mass is 312 g/mol. The van der Waals surface area contributed by atoms with Crippen molar-refractivity contribution in [1.82, 2.24) is 0 Å². The molecule has 0 bridgehead atoms. The summed E-state index contributed by atoms with van der Waals surface area (Å²) in [7, 11) is 0. The van der Waals surface area contributed by atoms with E-state index < -0.39 is 30.6 Å². The molecule has 0 aromatic heterocycles. The van der Waals surface area contributed by atoms with Crippen LogP contribution in [0.5, 0.6) is 0 Å². The van der Waals surface area contributed by atoms with Crippen molar-refractivity contribution in [3.63, 3.8) is 0 Å². The minimum atomic E-state index is -1.22. The number of aliphatic hydroxyl groups is 1. The lowest BCUT2D eigenvalue weighted by Gasteiger charge is -2.19. The average molecular weight is 312 g/mol. The van der Waals surface area contributed by atoms with Crippen molar-refractivity contribution in [2.75, 3.05) is 19.8 Å². The molecule has 1 unspecified atom stereocenters. The minimum Gasteiger partial charge on any atom is -0.460 e. The first-order valence-electron chi connectivity index (χ1n) is 6.36. The molecule has 0 heterocycles. The van der Waals surface area contributed by atoms with Crippen molar-refractivity contribution in [3.05, 3.63) is 36.5 Å². The van der Waals surface area contributed by atoms with Gasteiger partial charge in [0.2, 0.25) is 0 Å². The van der Waals surface area contributed by atoms with Crippen LogP contribution in [0.4, 0.5) is 0 Å². The Labute approximate surface area is 128 Å². The van der Waals surface area contributed by atoms with Crippen LogP contribution in [0.1, 0.15) is 13.8 Å². The molecule has 7 heteroatoms. The van der Waals surface area contributed by atoms with Crippen molar-refractivity contribution in [3.8, 4) is 0 Å². The Morgan fingerprint density at radius 3 is 1.95 bits per heavy atom. The molecule has 0 saturated heterocycles. The summed E-state index contributed by atoms with van der Waals surface area (Å²) in [5.41, 5.74) is 0.0313. The number of ether oxygens (including phenoxy) is 3. The van der Waals surface area contributed by atoms with Gasteiger partial charge in [-0.15, -0.1) is 0 Å². The van der Waals surface area contributed by atoms with Gasteiger partial charge in [0, 0.05) is 11.1 Å². The summed E-state index contributed by atoms with van der Waals surface area (Å²) in [5, 5.41) is 8.61. The molecule has 0 spiro atoms. The van der Waals surface area contributed by atoms with E-state index in [0.717, 1.165) is 0 Å². The van der Waals surface area contributed by atoms with E-state index in [4.69, 9.17) is 14.6 Å². The number of hydrogen-bond donors (Lipinski definition) is 1. The zero-order valence-electron chi connectivity index (χ0n) is 12.7. The highest BCUT2D eigenvalue weighted by molar-refractivity contribution is 5.92. The van der Waals surface area contributed by atoms with Crippen LogP contribution in [0, 0.1) is 0 Å². The van der Waals surface area contributed by atoms with Gasteiger partial charge in [-0.1, -0.05) is 19.7 Å². The second-order valence-electron chi connectivity index (χ2n) is 4.44. The standard InChI is InChI=1S/C15H20O7/c1-9(2)13(17)21-8-12(22-14(18)10(3)4)11(5)15(19)20-7-6-16/h12,16H,1,3,5-8H2,2,4H3. The fraction of sp³-hybridized carbons (Fsp3) is 0.400. The van der Waals surface area contributed by atoms with Crippen LogP contribution in [0.3, 0.4) is 0 Å². The highest BCUT2D eigenvalue weighted by Crippen LogP contribution is 2.11. The molecular formula is C15H20O7. The Morgan fingerprint density at radius 2 is 1.50 bits per heavy atom. The van der Waals surface area contributed by atoms with Crippen LogP contribution in [0.15, 0.2) is 36.5 Å². The molecular weight excluding hydrogens is 292 g/mol. The molecule has 0 aromatic rings. The lowest BCUT2D eigenvalue weighted by atomic mass is 10.1. The van der Waals surface area contributed by atoms with Gasteiger partial charge < -0.3 is 19.3 Å². The lowest BCUT2D eigenvalue weighted by Crippen LogP contribution is -2.31. The van der Waals surface area contributed by atoms with E-state index in [1.807, 2.05) is 0 Å². The lowest BCUT2D eigenvalue weighted by molar-refractivity contribution is -0.154. The normalized spacial score (nSPS) is 11.0. The van der Waals surface area contributed by atoms with Gasteiger partial charge in [-0.2, -0.15) is 0 Å². The van der Waals surface area contributed by atoms with E-state index in [9.17, 15) is 14.4 Å². The highest BCUT2D eigenvalue weighted by Gasteiger charge is 2.26. The van der Waals surface area contributed by atoms with Gasteiger partial charge in [-0.3, -0.25) is 0 Å². The number of aliphatic hydroxyl groups excluding tert-OH is 1. The summed E-state index contributed by atoms with van der Waals surface area (Å²) in [5.74, 6) is -2.35. The molecule has 0 saturated carbocycles. The van der Waals surface area contributed by atoms with Gasteiger partial charge in [-0.25, -0.2) is 14.4 Å². The van der Waals surface area contributed by atoms with Crippen LogP contribution >= 0.6 is 0 Å². The topological polar surface area (TPSA) is 99.1 Å². The number of carbonyl (C=O) groups excluding carboxylic acids is 3. The fourth-order valence-electron chi connectivity index (χ4n) is 1.07. The zero-order chi connectivity index (χ0) is 17.3. The molecule has 0 fully saturated rings. The van der Waals surface area contributed by atoms with E-state index in [2.05, 4.69) is 24.5 Å². The molecule has 122 valence electrons. The largest absolute Gasteiger partial charge is 0.460 e. The molecule has 0 rings (SSSR count). The summed E-state index contributed by atoms with van der Waals surface area (Å²) in [4.78, 5) is 34.6. The summed E-state index contributed by atoms with van der Waals surface area (Å²) in [6, 6.07) is 0. The fourth-order valence-corrected chi connectivity index (χ4v) is 1.07. The maximum atomic E-state index is 11.7. The first-order chi connectivity index (χ1) is 10.2. The zero-order valence-corrected chi connectivity index (χ0v) is 12.7. The maximum Gasteiger partial charge on any atom is 0.337 e. The number of hydrogen-bond acceptors (Lipinski definition) is 7. The Bertz CT molecular complexity index is 490. The van der Waals surface area contributed by atoms with Gasteiger partial charge >= 0.3 is 17.9 Å². The van der Waals surface area contributed by atoms with Crippen LogP contribution in [-0.2, 0) is 28.6 Å². The quantitative estimate of drug-likeness (QED) is 0.380. The maximum absolute atomic E-state index is 11.7. The van der Waals surface area contributed by atoms with Crippen molar-refractivity contribution in [1.29, 1.82) is 0 Å². The first-order valence-corrected chi connectivity index (χ1v) is 6.36. The average Bonchev–Trinajstić information content (AvgIpc) is 2.47. The number of carbonyl (C=O) groups is 3. The predicted molar refractivity (Wildman–Crippen MR) is 77.7 cm³/mol. The summed E-state index contributed by atoms with van der Waals surface area (Å²) >= 11 is 0. The first kappa shape index (κ1) is 19.6. The van der Waals surface area contributed by atoms with Gasteiger partial charge in [-0.05, 0) is 13.8 Å². The minimum absolute atomic E-state index is 0.104. The number of esters is 3. The van der Waals surface area contributed by atoms with E-state index in [-0.39, 0.29) is 29.9 Å². The van der Waals surface area contributed by atoms with Gasteiger partial charge in [0.1, 0.15) is 13.2 Å². The summed E-state index contributed by atoms with van der Waals surface area (Å²) < 4.78 is 14.5. The van der Waals surface area contributed by atoms with Crippen molar-refractivity contribution in [2.45, 2.75) is 20.0 Å². The molecule has 0 aliphatic rings. The third kappa shape index (κ3) is 6.85. The molecule has 0 radical (unpaired) electrons. The van der Waals surface area contributed by atoms with Gasteiger partial charge in [0.25, 0.3) is 0 Å². The SMILES string of the molecule is C=C(C)C(=O)OCC(OC(=O)C(=C)C)C(=C)C(=O)OCCO. The van der Waals surface area contributed by atoms with E-state index in [1.165, 1.54) is 13.8 Å². The van der Waals surface area contributed by atoms with E-state index >= 15 is 0 Å². The molecule has 0 amide bonds. The van der Waals surface area contributed by atoms with Gasteiger partial charge in [0.15, 0.2) is 6.10 Å². The molecule has 0 aromatic carbocycles. The molecule has 0 aliphatic heterocycles. The van der Waals surface area contributed by atoms with E-state index in [0.29, 0.717) is 0 Å². The second kappa shape index (κ2) is 9.51. The van der Waals surface area contributed by atoms with Gasteiger partial charge in [0.05, 0.1) is 12.2 Å². The van der Waals surface area contributed by atoms with Crippen LogP contribution < -0.4 is 0 Å². The molecule has 22 heavy (non-hydrogen) atoms. The Morgan fingerprint density at radius 1 is 0.955 bits per heavy atom. The summed E-state index contributed by atoms with van der Waals surface area (Å²) in [6.45, 7) is 12.1. The molecule has 7 nitrogen and oxygen atoms in total. The number of rotatable bonds is 9. The highest BCUT2D eigenvalue weighted by atomic mass is 16.6. The Balaban J connectivity index is 4.91. The Kier molecular flexibility index (Phi) is 8.47. The predicted octanol–water partition coefficient (Wildman–Crippen LogP) is 0.685. The third-order valence-electron chi connectivity index (χ3n) is 2.29. The van der Waals surface area contributed by atoms with Crippen LogP contribution in [0.25, 0.3) is 0 Å². The van der Waals surface area contributed by atoms with Crippen LogP contribution in [0.2, 0.25) is 0 Å².